The Morgan fingerprint density at radius 2 is 1.73 bits per heavy atom. The summed E-state index contributed by atoms with van der Waals surface area (Å²) < 4.78 is 0.890. The van der Waals surface area contributed by atoms with E-state index in [1.807, 2.05) is 6.07 Å². The lowest BCUT2D eigenvalue weighted by molar-refractivity contribution is -0.902. The average molecular weight is 305 g/mol. The highest BCUT2D eigenvalue weighted by Crippen LogP contribution is 2.08. The monoisotopic (exact) mass is 305 g/mol. The number of carbonyl (C=O) groups is 1. The maximum atomic E-state index is 11.8. The number of carbonyl (C=O) groups excluding carboxylic acids is 1. The van der Waals surface area contributed by atoms with Gasteiger partial charge in [-0.15, -0.1) is 0 Å². The molecule has 0 atom stereocenters. The van der Waals surface area contributed by atoms with Crippen LogP contribution in [-0.2, 0) is 11.3 Å². The number of nitrogens with one attached hydrogen (secondary N) is 1. The Labute approximate surface area is 136 Å². The lowest BCUT2D eigenvalue weighted by Gasteiger charge is -2.30. The molecule has 0 fully saturated rings. The van der Waals surface area contributed by atoms with Crippen LogP contribution in [0.4, 0.5) is 0 Å². The average Bonchev–Trinajstić information content (AvgIpc) is 2.47. The Bertz CT molecular complexity index is 415. The molecule has 0 unspecified atom stereocenters. The van der Waals surface area contributed by atoms with Crippen LogP contribution in [0.25, 0.3) is 0 Å². The van der Waals surface area contributed by atoms with Crippen LogP contribution in [-0.4, -0.2) is 37.6 Å². The van der Waals surface area contributed by atoms with E-state index in [0.29, 0.717) is 6.42 Å². The van der Waals surface area contributed by atoms with Crippen LogP contribution in [0, 0.1) is 0 Å². The number of nitrogens with zero attached hydrogens (tertiary/aromatic N) is 1. The van der Waals surface area contributed by atoms with E-state index in [1.54, 1.807) is 0 Å². The maximum absolute atomic E-state index is 11.8. The highest BCUT2D eigenvalue weighted by Gasteiger charge is 2.15. The largest absolute Gasteiger partial charge is 0.350 e. The predicted octanol–water partition coefficient (Wildman–Crippen LogP) is 3.74. The number of hydrogen-bond donors (Lipinski definition) is 1. The van der Waals surface area contributed by atoms with Crippen molar-refractivity contribution in [1.82, 2.24) is 5.32 Å². The summed E-state index contributed by atoms with van der Waals surface area (Å²) in [5.74, 6) is 0.205. The summed E-state index contributed by atoms with van der Waals surface area (Å²) in [6.45, 7) is 4.92. The van der Waals surface area contributed by atoms with Crippen molar-refractivity contribution in [3.05, 3.63) is 35.9 Å². The minimum atomic E-state index is 0.205. The van der Waals surface area contributed by atoms with Gasteiger partial charge >= 0.3 is 0 Å². The zero-order chi connectivity index (χ0) is 16.3. The van der Waals surface area contributed by atoms with E-state index in [4.69, 9.17) is 0 Å². The second-order valence-corrected chi connectivity index (χ2v) is 6.82. The smallest absolute Gasteiger partial charge is 0.220 e. The minimum Gasteiger partial charge on any atom is -0.350 e. The van der Waals surface area contributed by atoms with Gasteiger partial charge < -0.3 is 9.80 Å². The van der Waals surface area contributed by atoms with Crippen LogP contribution in [0.3, 0.4) is 0 Å². The Morgan fingerprint density at radius 1 is 1.05 bits per heavy atom. The van der Waals surface area contributed by atoms with Gasteiger partial charge in [0.2, 0.25) is 5.91 Å². The van der Waals surface area contributed by atoms with E-state index in [-0.39, 0.29) is 5.91 Å². The minimum absolute atomic E-state index is 0.205. The van der Waals surface area contributed by atoms with Crippen molar-refractivity contribution in [3.63, 3.8) is 0 Å². The van der Waals surface area contributed by atoms with Gasteiger partial charge in [-0.3, -0.25) is 4.79 Å². The summed E-state index contributed by atoms with van der Waals surface area (Å²) >= 11 is 0. The van der Waals surface area contributed by atoms with Crippen molar-refractivity contribution in [1.29, 1.82) is 0 Å². The molecule has 1 aromatic rings. The quantitative estimate of drug-likeness (QED) is 0.490. The van der Waals surface area contributed by atoms with Crippen LogP contribution in [0.2, 0.25) is 0 Å². The predicted molar refractivity (Wildman–Crippen MR) is 93.5 cm³/mol. The van der Waals surface area contributed by atoms with E-state index < -0.39 is 0 Å². The second-order valence-electron chi connectivity index (χ2n) is 6.82. The van der Waals surface area contributed by atoms with E-state index in [0.717, 1.165) is 30.5 Å². The van der Waals surface area contributed by atoms with E-state index >= 15 is 0 Å². The van der Waals surface area contributed by atoms with Crippen molar-refractivity contribution in [2.75, 3.05) is 27.2 Å². The number of benzene rings is 1. The molecule has 0 saturated carbocycles. The molecule has 0 aromatic heterocycles. The second kappa shape index (κ2) is 10.4. The molecule has 22 heavy (non-hydrogen) atoms. The number of quaternary nitrogens is 1. The first-order valence-electron chi connectivity index (χ1n) is 8.66. The molecule has 1 amide bonds. The molecule has 0 heterocycles. The number of rotatable bonds is 11. The first kappa shape index (κ1) is 18.7. The molecule has 0 saturated heterocycles. The fourth-order valence-corrected chi connectivity index (χ4v) is 2.63. The third-order valence-electron chi connectivity index (χ3n) is 4.00. The molecule has 1 rings (SSSR count). The number of likely N-dealkylation sites (N-methyl/N-ethyl adjacent to an activating group) is 1. The number of hydrogen-bond acceptors (Lipinski definition) is 1. The molecule has 0 spiro atoms. The molecule has 0 aliphatic carbocycles. The summed E-state index contributed by atoms with van der Waals surface area (Å²) in [4.78, 5) is 11.8. The van der Waals surface area contributed by atoms with Crippen LogP contribution >= 0.6 is 0 Å². The molecular formula is C19H33N2O+. The van der Waals surface area contributed by atoms with Gasteiger partial charge in [-0.25, -0.2) is 0 Å². The van der Waals surface area contributed by atoms with E-state index in [1.165, 1.54) is 31.2 Å². The van der Waals surface area contributed by atoms with Gasteiger partial charge in [0.15, 0.2) is 0 Å². The topological polar surface area (TPSA) is 29.1 Å². The Morgan fingerprint density at radius 3 is 2.41 bits per heavy atom. The summed E-state index contributed by atoms with van der Waals surface area (Å²) in [5, 5.41) is 3.06. The van der Waals surface area contributed by atoms with Gasteiger partial charge in [0.25, 0.3) is 0 Å². The van der Waals surface area contributed by atoms with E-state index in [2.05, 4.69) is 50.6 Å². The van der Waals surface area contributed by atoms with Crippen molar-refractivity contribution >= 4 is 5.91 Å². The van der Waals surface area contributed by atoms with Crippen LogP contribution < -0.4 is 5.32 Å². The molecule has 3 nitrogen and oxygen atoms in total. The molecule has 0 radical (unpaired) electrons. The standard InChI is InChI=1S/C19H32N2O/c1-4-5-6-7-11-14-19(22)20-15-16-21(2,3)17-18-12-9-8-10-13-18/h8-10,12-13H,4-7,11,14-17H2,1-3H3/p+1. The molecule has 0 bridgehead atoms. The summed E-state index contributed by atoms with van der Waals surface area (Å²) in [7, 11) is 4.42. The van der Waals surface area contributed by atoms with Crippen molar-refractivity contribution in [2.24, 2.45) is 0 Å². The number of amides is 1. The SMILES string of the molecule is CCCCCCCC(=O)NCC[N+](C)(C)Cc1ccccc1. The van der Waals surface area contributed by atoms with Gasteiger partial charge in [-0.05, 0) is 6.42 Å². The van der Waals surface area contributed by atoms with Gasteiger partial charge in [-0.1, -0.05) is 62.9 Å². The number of unbranched alkanes of at least 4 members (excludes halogenated alkanes) is 4. The van der Waals surface area contributed by atoms with Gasteiger partial charge in [0.05, 0.1) is 27.2 Å². The van der Waals surface area contributed by atoms with Crippen molar-refractivity contribution < 1.29 is 9.28 Å². The van der Waals surface area contributed by atoms with Crippen molar-refractivity contribution in [2.45, 2.75) is 52.0 Å². The van der Waals surface area contributed by atoms with Crippen LogP contribution in [0.15, 0.2) is 30.3 Å². The lowest BCUT2D eigenvalue weighted by atomic mass is 10.1. The molecular weight excluding hydrogens is 272 g/mol. The zero-order valence-electron chi connectivity index (χ0n) is 14.6. The summed E-state index contributed by atoms with van der Waals surface area (Å²) in [6.07, 6.45) is 6.67. The Hall–Kier alpha value is -1.35. The molecule has 0 aliphatic rings. The molecule has 1 aromatic carbocycles. The van der Waals surface area contributed by atoms with Gasteiger partial charge in [-0.2, -0.15) is 0 Å². The highest BCUT2D eigenvalue weighted by molar-refractivity contribution is 5.75. The third-order valence-corrected chi connectivity index (χ3v) is 4.00. The third kappa shape index (κ3) is 8.83. The highest BCUT2D eigenvalue weighted by atomic mass is 16.1. The Kier molecular flexibility index (Phi) is 8.83. The fraction of sp³-hybridized carbons (Fsp3) is 0.632. The molecule has 3 heteroatoms. The van der Waals surface area contributed by atoms with Crippen LogP contribution in [0.5, 0.6) is 0 Å². The molecule has 1 N–H and O–H groups in total. The zero-order valence-corrected chi connectivity index (χ0v) is 14.6. The maximum Gasteiger partial charge on any atom is 0.220 e. The first-order chi connectivity index (χ1) is 10.5. The Balaban J connectivity index is 2.15. The van der Waals surface area contributed by atoms with Gasteiger partial charge in [0, 0.05) is 12.0 Å². The lowest BCUT2D eigenvalue weighted by Crippen LogP contribution is -2.44. The van der Waals surface area contributed by atoms with E-state index in [9.17, 15) is 4.79 Å². The van der Waals surface area contributed by atoms with Gasteiger partial charge in [0.1, 0.15) is 6.54 Å². The summed E-state index contributed by atoms with van der Waals surface area (Å²) in [5.41, 5.74) is 1.34. The summed E-state index contributed by atoms with van der Waals surface area (Å²) in [6, 6.07) is 10.5. The van der Waals surface area contributed by atoms with Crippen molar-refractivity contribution in [3.8, 4) is 0 Å². The molecule has 124 valence electrons. The molecule has 0 aliphatic heterocycles. The normalized spacial score (nSPS) is 11.4. The van der Waals surface area contributed by atoms with Crippen LogP contribution in [0.1, 0.15) is 51.0 Å². The first-order valence-corrected chi connectivity index (χ1v) is 8.66. The fourth-order valence-electron chi connectivity index (χ4n) is 2.63.